The monoisotopic (exact) mass is 154 g/mol. The largest absolute Gasteiger partial charge is 0.354 e. The second-order valence-corrected chi connectivity index (χ2v) is 2.09. The fourth-order valence-corrected chi connectivity index (χ4v) is 0.728. The zero-order valence-electron chi connectivity index (χ0n) is 6.51. The van der Waals surface area contributed by atoms with Gasteiger partial charge in [0.15, 0.2) is 0 Å². The van der Waals surface area contributed by atoms with Gasteiger partial charge in [-0.05, 0) is 13.8 Å². The van der Waals surface area contributed by atoms with Gasteiger partial charge in [-0.3, -0.25) is 4.98 Å². The standard InChI is InChI=1S/C6H10N4O/c1-3-7-5-8-4(2)9-6(11)10-5/h3H2,1-2H3,(H2,7,8,9,10,11). The van der Waals surface area contributed by atoms with Gasteiger partial charge < -0.3 is 5.32 Å². The van der Waals surface area contributed by atoms with Crippen LogP contribution in [0.5, 0.6) is 0 Å². The highest BCUT2D eigenvalue weighted by Gasteiger charge is 1.95. The van der Waals surface area contributed by atoms with Gasteiger partial charge in [-0.25, -0.2) is 9.78 Å². The van der Waals surface area contributed by atoms with Crippen LogP contribution in [0.2, 0.25) is 0 Å². The fraction of sp³-hybridized carbons (Fsp3) is 0.500. The van der Waals surface area contributed by atoms with Crippen molar-refractivity contribution < 1.29 is 0 Å². The van der Waals surface area contributed by atoms with E-state index in [1.165, 1.54) is 0 Å². The van der Waals surface area contributed by atoms with Crippen molar-refractivity contribution >= 4 is 5.95 Å². The van der Waals surface area contributed by atoms with Crippen LogP contribution in [0.3, 0.4) is 0 Å². The number of aryl methyl sites for hydroxylation is 1. The average molecular weight is 154 g/mol. The van der Waals surface area contributed by atoms with Crippen LogP contribution in [-0.4, -0.2) is 21.5 Å². The van der Waals surface area contributed by atoms with Crippen molar-refractivity contribution in [2.45, 2.75) is 13.8 Å². The lowest BCUT2D eigenvalue weighted by Gasteiger charge is -1.99. The maximum Gasteiger partial charge on any atom is 0.349 e. The van der Waals surface area contributed by atoms with E-state index in [2.05, 4.69) is 20.3 Å². The lowest BCUT2D eigenvalue weighted by Crippen LogP contribution is -2.16. The number of hydrogen-bond donors (Lipinski definition) is 2. The van der Waals surface area contributed by atoms with E-state index >= 15 is 0 Å². The molecule has 0 saturated heterocycles. The number of aromatic amines is 1. The van der Waals surface area contributed by atoms with Crippen molar-refractivity contribution in [3.8, 4) is 0 Å². The molecular formula is C6H10N4O. The quantitative estimate of drug-likeness (QED) is 0.624. The summed E-state index contributed by atoms with van der Waals surface area (Å²) in [5.41, 5.74) is -0.367. The van der Waals surface area contributed by atoms with Gasteiger partial charge in [-0.1, -0.05) is 0 Å². The third-order valence-electron chi connectivity index (χ3n) is 1.10. The number of nitrogens with one attached hydrogen (secondary N) is 2. The molecule has 1 aromatic rings. The van der Waals surface area contributed by atoms with Crippen molar-refractivity contribution in [1.29, 1.82) is 0 Å². The smallest absolute Gasteiger partial charge is 0.349 e. The summed E-state index contributed by atoms with van der Waals surface area (Å²) in [6.07, 6.45) is 0. The zero-order valence-corrected chi connectivity index (χ0v) is 6.51. The number of anilines is 1. The van der Waals surface area contributed by atoms with Crippen LogP contribution < -0.4 is 11.0 Å². The summed E-state index contributed by atoms with van der Waals surface area (Å²) < 4.78 is 0. The van der Waals surface area contributed by atoms with Gasteiger partial charge in [0.2, 0.25) is 5.95 Å². The Bertz CT molecular complexity index is 293. The predicted octanol–water partition coefficient (Wildman–Crippen LogP) is -0.0949. The Morgan fingerprint density at radius 1 is 1.55 bits per heavy atom. The van der Waals surface area contributed by atoms with E-state index in [0.717, 1.165) is 0 Å². The van der Waals surface area contributed by atoms with Gasteiger partial charge >= 0.3 is 5.69 Å². The van der Waals surface area contributed by atoms with E-state index in [0.29, 0.717) is 18.3 Å². The second kappa shape index (κ2) is 3.14. The Morgan fingerprint density at radius 2 is 2.27 bits per heavy atom. The lowest BCUT2D eigenvalue weighted by molar-refractivity contribution is 0.919. The molecule has 0 bridgehead atoms. The van der Waals surface area contributed by atoms with Crippen LogP contribution in [0.4, 0.5) is 5.95 Å². The molecule has 0 unspecified atom stereocenters. The molecule has 0 amide bonds. The SMILES string of the molecule is CCNc1nc(C)[nH]c(=O)n1. The molecule has 1 heterocycles. The molecule has 0 fully saturated rings. The maximum atomic E-state index is 10.7. The first-order valence-electron chi connectivity index (χ1n) is 3.41. The topological polar surface area (TPSA) is 70.7 Å². The van der Waals surface area contributed by atoms with E-state index in [4.69, 9.17) is 0 Å². The number of H-pyrrole nitrogens is 1. The highest BCUT2D eigenvalue weighted by atomic mass is 16.1. The van der Waals surface area contributed by atoms with Gasteiger partial charge in [-0.15, -0.1) is 0 Å². The highest BCUT2D eigenvalue weighted by Crippen LogP contribution is 1.90. The molecule has 0 atom stereocenters. The predicted molar refractivity (Wildman–Crippen MR) is 41.6 cm³/mol. The highest BCUT2D eigenvalue weighted by molar-refractivity contribution is 5.21. The number of nitrogens with zero attached hydrogens (tertiary/aromatic N) is 2. The molecule has 11 heavy (non-hydrogen) atoms. The lowest BCUT2D eigenvalue weighted by atomic mass is 10.7. The molecule has 0 aliphatic carbocycles. The van der Waals surface area contributed by atoms with Crippen LogP contribution in [0, 0.1) is 6.92 Å². The summed E-state index contributed by atoms with van der Waals surface area (Å²) in [4.78, 5) is 20.7. The minimum absolute atomic E-state index is 0.367. The molecule has 0 saturated carbocycles. The summed E-state index contributed by atoms with van der Waals surface area (Å²) in [7, 11) is 0. The molecule has 60 valence electrons. The van der Waals surface area contributed by atoms with Gasteiger partial charge in [0.25, 0.3) is 0 Å². The molecule has 0 radical (unpaired) electrons. The van der Waals surface area contributed by atoms with Crippen molar-refractivity contribution in [3.63, 3.8) is 0 Å². The van der Waals surface area contributed by atoms with E-state index in [9.17, 15) is 4.79 Å². The van der Waals surface area contributed by atoms with Crippen LogP contribution in [0.25, 0.3) is 0 Å². The fourth-order valence-electron chi connectivity index (χ4n) is 0.728. The first-order valence-corrected chi connectivity index (χ1v) is 3.41. The van der Waals surface area contributed by atoms with Crippen molar-refractivity contribution in [2.75, 3.05) is 11.9 Å². The Balaban J connectivity index is 2.99. The van der Waals surface area contributed by atoms with E-state index in [1.807, 2.05) is 6.92 Å². The van der Waals surface area contributed by atoms with Crippen LogP contribution >= 0.6 is 0 Å². The van der Waals surface area contributed by atoms with Crippen LogP contribution in [0.1, 0.15) is 12.7 Å². The van der Waals surface area contributed by atoms with Crippen molar-refractivity contribution in [2.24, 2.45) is 0 Å². The van der Waals surface area contributed by atoms with Crippen LogP contribution in [0.15, 0.2) is 4.79 Å². The summed E-state index contributed by atoms with van der Waals surface area (Å²) in [5.74, 6) is 0.953. The Kier molecular flexibility index (Phi) is 2.20. The molecule has 1 rings (SSSR count). The van der Waals surface area contributed by atoms with Crippen molar-refractivity contribution in [1.82, 2.24) is 15.0 Å². The molecular weight excluding hydrogens is 144 g/mol. The Morgan fingerprint density at radius 3 is 2.82 bits per heavy atom. The first-order chi connectivity index (χ1) is 5.22. The summed E-state index contributed by atoms with van der Waals surface area (Å²) >= 11 is 0. The molecule has 1 aromatic heterocycles. The molecule has 2 N–H and O–H groups in total. The summed E-state index contributed by atoms with van der Waals surface area (Å²) in [6.45, 7) is 4.34. The molecule has 5 nitrogen and oxygen atoms in total. The average Bonchev–Trinajstić information content (AvgIpc) is 1.85. The number of aromatic nitrogens is 3. The first kappa shape index (κ1) is 7.71. The summed E-state index contributed by atoms with van der Waals surface area (Å²) in [5, 5.41) is 2.85. The molecule has 0 aliphatic heterocycles. The van der Waals surface area contributed by atoms with Gasteiger partial charge in [0.1, 0.15) is 5.82 Å². The third kappa shape index (κ3) is 2.03. The molecule has 5 heteroatoms. The Hall–Kier alpha value is -1.39. The normalized spacial score (nSPS) is 9.64. The van der Waals surface area contributed by atoms with Crippen LogP contribution in [-0.2, 0) is 0 Å². The van der Waals surface area contributed by atoms with Gasteiger partial charge in [0, 0.05) is 6.54 Å². The Labute approximate surface area is 63.9 Å². The maximum absolute atomic E-state index is 10.7. The summed E-state index contributed by atoms with van der Waals surface area (Å²) in [6, 6.07) is 0. The second-order valence-electron chi connectivity index (χ2n) is 2.09. The third-order valence-corrected chi connectivity index (χ3v) is 1.10. The van der Waals surface area contributed by atoms with E-state index in [-0.39, 0.29) is 5.69 Å². The minimum atomic E-state index is -0.367. The molecule has 0 aliphatic rings. The minimum Gasteiger partial charge on any atom is -0.354 e. The van der Waals surface area contributed by atoms with E-state index < -0.39 is 0 Å². The number of hydrogen-bond acceptors (Lipinski definition) is 4. The van der Waals surface area contributed by atoms with Gasteiger partial charge in [-0.2, -0.15) is 4.98 Å². The zero-order chi connectivity index (χ0) is 8.27. The van der Waals surface area contributed by atoms with E-state index in [1.54, 1.807) is 6.92 Å². The molecule has 0 aromatic carbocycles. The van der Waals surface area contributed by atoms with Gasteiger partial charge in [0.05, 0.1) is 0 Å². The van der Waals surface area contributed by atoms with Crippen molar-refractivity contribution in [3.05, 3.63) is 16.3 Å². The molecule has 0 spiro atoms. The number of rotatable bonds is 2.